The Labute approximate surface area is 113 Å². The molecule has 19 heavy (non-hydrogen) atoms. The summed E-state index contributed by atoms with van der Waals surface area (Å²) < 4.78 is 10.4. The summed E-state index contributed by atoms with van der Waals surface area (Å²) >= 11 is 0. The number of benzene rings is 1. The summed E-state index contributed by atoms with van der Waals surface area (Å²) in [5.41, 5.74) is 6.52. The van der Waals surface area contributed by atoms with Gasteiger partial charge in [-0.1, -0.05) is 6.92 Å². The fourth-order valence-corrected chi connectivity index (χ4v) is 2.27. The van der Waals surface area contributed by atoms with E-state index in [0.717, 1.165) is 0 Å². The van der Waals surface area contributed by atoms with Gasteiger partial charge in [0.2, 0.25) is 0 Å². The van der Waals surface area contributed by atoms with Gasteiger partial charge in [-0.25, -0.2) is 0 Å². The maximum atomic E-state index is 12.4. The molecule has 0 radical (unpaired) electrons. The van der Waals surface area contributed by atoms with Gasteiger partial charge in [0.1, 0.15) is 11.5 Å². The van der Waals surface area contributed by atoms with Gasteiger partial charge >= 0.3 is 0 Å². The first-order valence-corrected chi connectivity index (χ1v) is 6.33. The Morgan fingerprint density at radius 2 is 1.79 bits per heavy atom. The smallest absolute Gasteiger partial charge is 0.254 e. The normalized spacial score (nSPS) is 22.4. The lowest BCUT2D eigenvalue weighted by molar-refractivity contribution is 0.0786. The first-order chi connectivity index (χ1) is 9.05. The van der Waals surface area contributed by atoms with Crippen LogP contribution in [0, 0.1) is 5.92 Å². The molecule has 1 aliphatic heterocycles. The zero-order valence-corrected chi connectivity index (χ0v) is 11.6. The van der Waals surface area contributed by atoms with Crippen LogP contribution in [0.3, 0.4) is 0 Å². The molecule has 2 atom stereocenters. The van der Waals surface area contributed by atoms with Crippen LogP contribution in [0.4, 0.5) is 0 Å². The second-order valence-corrected chi connectivity index (χ2v) is 4.95. The molecule has 2 N–H and O–H groups in total. The molecule has 0 saturated carbocycles. The van der Waals surface area contributed by atoms with Gasteiger partial charge in [-0.15, -0.1) is 0 Å². The lowest BCUT2D eigenvalue weighted by atomic mass is 10.1. The number of carbonyl (C=O) groups excluding carboxylic acids is 1. The number of nitrogens with zero attached hydrogens (tertiary/aromatic N) is 1. The molecule has 104 valence electrons. The number of hydrogen-bond acceptors (Lipinski definition) is 4. The van der Waals surface area contributed by atoms with Crippen molar-refractivity contribution in [3.8, 4) is 11.5 Å². The number of carbonyl (C=O) groups is 1. The molecular formula is C14H20N2O3. The van der Waals surface area contributed by atoms with E-state index in [2.05, 4.69) is 6.92 Å². The first-order valence-electron chi connectivity index (χ1n) is 6.33. The fraction of sp³-hybridized carbons (Fsp3) is 0.500. The van der Waals surface area contributed by atoms with E-state index < -0.39 is 0 Å². The molecule has 1 aromatic carbocycles. The zero-order valence-electron chi connectivity index (χ0n) is 11.6. The molecule has 0 aromatic heterocycles. The van der Waals surface area contributed by atoms with Gasteiger partial charge in [-0.3, -0.25) is 4.79 Å². The lowest BCUT2D eigenvalue weighted by Crippen LogP contribution is -2.32. The molecule has 2 rings (SSSR count). The van der Waals surface area contributed by atoms with Crippen LogP contribution in [-0.2, 0) is 0 Å². The molecule has 5 nitrogen and oxygen atoms in total. The minimum absolute atomic E-state index is 0.0306. The van der Waals surface area contributed by atoms with Crippen molar-refractivity contribution in [2.45, 2.75) is 13.0 Å². The van der Waals surface area contributed by atoms with E-state index >= 15 is 0 Å². The molecule has 0 aliphatic carbocycles. The predicted molar refractivity (Wildman–Crippen MR) is 72.6 cm³/mol. The third-order valence-electron chi connectivity index (χ3n) is 3.56. The lowest BCUT2D eigenvalue weighted by Gasteiger charge is -2.17. The van der Waals surface area contributed by atoms with E-state index in [1.807, 2.05) is 0 Å². The van der Waals surface area contributed by atoms with E-state index in [4.69, 9.17) is 15.2 Å². The highest BCUT2D eigenvalue weighted by Crippen LogP contribution is 2.25. The van der Waals surface area contributed by atoms with E-state index in [-0.39, 0.29) is 11.9 Å². The van der Waals surface area contributed by atoms with E-state index in [0.29, 0.717) is 36.1 Å². The van der Waals surface area contributed by atoms with Crippen LogP contribution in [0.1, 0.15) is 17.3 Å². The van der Waals surface area contributed by atoms with Crippen molar-refractivity contribution >= 4 is 5.91 Å². The zero-order chi connectivity index (χ0) is 14.0. The van der Waals surface area contributed by atoms with Crippen LogP contribution in [0.2, 0.25) is 0 Å². The number of ether oxygens (including phenoxy) is 2. The predicted octanol–water partition coefficient (Wildman–Crippen LogP) is 1.12. The Hall–Kier alpha value is -1.75. The third kappa shape index (κ3) is 2.81. The molecule has 1 aromatic rings. The van der Waals surface area contributed by atoms with Gasteiger partial charge in [-0.2, -0.15) is 0 Å². The van der Waals surface area contributed by atoms with Crippen molar-refractivity contribution in [3.05, 3.63) is 23.8 Å². The van der Waals surface area contributed by atoms with E-state index in [1.54, 1.807) is 37.3 Å². The second kappa shape index (κ2) is 5.48. The number of likely N-dealkylation sites (tertiary alicyclic amines) is 1. The van der Waals surface area contributed by atoms with Crippen molar-refractivity contribution in [3.63, 3.8) is 0 Å². The molecule has 1 amide bonds. The Kier molecular flexibility index (Phi) is 3.95. The molecule has 1 heterocycles. The fourth-order valence-electron chi connectivity index (χ4n) is 2.27. The average Bonchev–Trinajstić information content (AvgIpc) is 2.77. The van der Waals surface area contributed by atoms with Gasteiger partial charge in [0, 0.05) is 30.8 Å². The largest absolute Gasteiger partial charge is 0.497 e. The second-order valence-electron chi connectivity index (χ2n) is 4.95. The summed E-state index contributed by atoms with van der Waals surface area (Å²) in [6, 6.07) is 5.24. The molecule has 0 bridgehead atoms. The SMILES string of the molecule is COc1cc(OC)cc(C(=O)N2CC(C)C(N)C2)c1. The molecule has 5 heteroatoms. The minimum atomic E-state index is -0.0306. The highest BCUT2D eigenvalue weighted by atomic mass is 16.5. The third-order valence-corrected chi connectivity index (χ3v) is 3.56. The molecule has 1 fully saturated rings. The quantitative estimate of drug-likeness (QED) is 0.888. The highest BCUT2D eigenvalue weighted by Gasteiger charge is 2.30. The summed E-state index contributed by atoms with van der Waals surface area (Å²) in [5, 5.41) is 0. The molecule has 0 spiro atoms. The van der Waals surface area contributed by atoms with Crippen LogP contribution >= 0.6 is 0 Å². The monoisotopic (exact) mass is 264 g/mol. The summed E-state index contributed by atoms with van der Waals surface area (Å²) in [6.45, 7) is 3.35. The number of hydrogen-bond donors (Lipinski definition) is 1. The summed E-state index contributed by atoms with van der Waals surface area (Å²) in [4.78, 5) is 14.2. The minimum Gasteiger partial charge on any atom is -0.497 e. The maximum Gasteiger partial charge on any atom is 0.254 e. The van der Waals surface area contributed by atoms with E-state index in [9.17, 15) is 4.79 Å². The van der Waals surface area contributed by atoms with E-state index in [1.165, 1.54) is 0 Å². The van der Waals surface area contributed by atoms with Crippen molar-refractivity contribution in [1.82, 2.24) is 4.90 Å². The number of methoxy groups -OCH3 is 2. The van der Waals surface area contributed by atoms with Crippen LogP contribution in [0.5, 0.6) is 11.5 Å². The standard InChI is InChI=1S/C14H20N2O3/c1-9-7-16(8-13(9)15)14(17)10-4-11(18-2)6-12(5-10)19-3/h4-6,9,13H,7-8,15H2,1-3H3. The maximum absolute atomic E-state index is 12.4. The molecule has 1 saturated heterocycles. The Morgan fingerprint density at radius 3 is 2.21 bits per heavy atom. The number of rotatable bonds is 3. The first kappa shape index (κ1) is 13.7. The van der Waals surface area contributed by atoms with Gasteiger partial charge in [0.25, 0.3) is 5.91 Å². The molecular weight excluding hydrogens is 244 g/mol. The average molecular weight is 264 g/mol. The van der Waals surface area contributed by atoms with Gasteiger partial charge < -0.3 is 20.1 Å². The van der Waals surface area contributed by atoms with Crippen LogP contribution < -0.4 is 15.2 Å². The molecule has 1 aliphatic rings. The number of nitrogens with two attached hydrogens (primary N) is 1. The van der Waals surface area contributed by atoms with Gasteiger partial charge in [0.05, 0.1) is 14.2 Å². The van der Waals surface area contributed by atoms with Crippen LogP contribution in [0.15, 0.2) is 18.2 Å². The topological polar surface area (TPSA) is 64.8 Å². The van der Waals surface area contributed by atoms with Crippen LogP contribution in [0.25, 0.3) is 0 Å². The van der Waals surface area contributed by atoms with Crippen molar-refractivity contribution < 1.29 is 14.3 Å². The summed E-state index contributed by atoms with van der Waals surface area (Å²) in [5.74, 6) is 1.52. The van der Waals surface area contributed by atoms with Gasteiger partial charge in [-0.05, 0) is 18.1 Å². The summed E-state index contributed by atoms with van der Waals surface area (Å²) in [7, 11) is 3.13. The Morgan fingerprint density at radius 1 is 1.21 bits per heavy atom. The van der Waals surface area contributed by atoms with Crippen molar-refractivity contribution in [1.29, 1.82) is 0 Å². The van der Waals surface area contributed by atoms with Crippen molar-refractivity contribution in [2.24, 2.45) is 11.7 Å². The van der Waals surface area contributed by atoms with Gasteiger partial charge in [0.15, 0.2) is 0 Å². The highest BCUT2D eigenvalue weighted by molar-refractivity contribution is 5.95. The Bertz CT molecular complexity index is 444. The summed E-state index contributed by atoms with van der Waals surface area (Å²) in [6.07, 6.45) is 0. The molecule has 2 unspecified atom stereocenters. The Balaban J connectivity index is 2.23. The van der Waals surface area contributed by atoms with Crippen molar-refractivity contribution in [2.75, 3.05) is 27.3 Å². The number of amides is 1. The van der Waals surface area contributed by atoms with Crippen LogP contribution in [-0.4, -0.2) is 44.2 Å².